The molecule has 2 aromatic carbocycles. The standard InChI is InChI=1S/C28H30N2O4S2/c1-6-15-33-21-11-7-19(8-12-21)16-23-26(31)30-25(20-9-13-22(35-5)14-10-20)24(27(32)34-17(2)3)18(4)29-28(30)36-23/h7-14,16-17,25H,6,15H2,1-5H3/b23-16+/t25-/m0/s1. The number of esters is 1. The van der Waals surface area contributed by atoms with Crippen molar-refractivity contribution >= 4 is 35.1 Å². The van der Waals surface area contributed by atoms with Gasteiger partial charge in [0.1, 0.15) is 5.75 Å². The fourth-order valence-electron chi connectivity index (χ4n) is 3.99. The van der Waals surface area contributed by atoms with E-state index in [1.807, 2.05) is 74.7 Å². The largest absolute Gasteiger partial charge is 0.494 e. The predicted molar refractivity (Wildman–Crippen MR) is 145 cm³/mol. The highest BCUT2D eigenvalue weighted by atomic mass is 32.2. The molecule has 0 N–H and O–H groups in total. The minimum Gasteiger partial charge on any atom is -0.494 e. The summed E-state index contributed by atoms with van der Waals surface area (Å²) >= 11 is 2.96. The molecular formula is C28H30N2O4S2. The van der Waals surface area contributed by atoms with Crippen molar-refractivity contribution in [2.75, 3.05) is 12.9 Å². The molecule has 0 amide bonds. The lowest BCUT2D eigenvalue weighted by Gasteiger charge is -2.25. The van der Waals surface area contributed by atoms with Gasteiger partial charge >= 0.3 is 5.97 Å². The van der Waals surface area contributed by atoms with Gasteiger partial charge in [0.25, 0.3) is 5.56 Å². The second-order valence-electron chi connectivity index (χ2n) is 8.73. The molecule has 4 rings (SSSR count). The molecule has 0 fully saturated rings. The molecule has 8 heteroatoms. The predicted octanol–water partition coefficient (Wildman–Crippen LogP) is 4.70. The number of hydrogen-bond acceptors (Lipinski definition) is 7. The van der Waals surface area contributed by atoms with Crippen molar-refractivity contribution in [3.8, 4) is 5.75 Å². The van der Waals surface area contributed by atoms with Gasteiger partial charge < -0.3 is 9.47 Å². The van der Waals surface area contributed by atoms with Gasteiger partial charge in [-0.1, -0.05) is 42.5 Å². The number of carbonyl (C=O) groups excluding carboxylic acids is 1. The van der Waals surface area contributed by atoms with Crippen LogP contribution in [-0.2, 0) is 9.53 Å². The summed E-state index contributed by atoms with van der Waals surface area (Å²) in [5.41, 5.74) is 2.48. The van der Waals surface area contributed by atoms with E-state index in [4.69, 9.17) is 9.47 Å². The van der Waals surface area contributed by atoms with Gasteiger partial charge in [0.2, 0.25) is 0 Å². The van der Waals surface area contributed by atoms with Crippen LogP contribution in [0.15, 0.2) is 74.5 Å². The van der Waals surface area contributed by atoms with Gasteiger partial charge in [-0.2, -0.15) is 0 Å². The molecule has 1 atom stereocenters. The summed E-state index contributed by atoms with van der Waals surface area (Å²) in [6.45, 7) is 8.14. The van der Waals surface area contributed by atoms with Crippen LogP contribution in [0, 0.1) is 0 Å². The van der Waals surface area contributed by atoms with Gasteiger partial charge in [-0.25, -0.2) is 9.79 Å². The number of nitrogens with zero attached hydrogens (tertiary/aromatic N) is 2. The lowest BCUT2D eigenvalue weighted by Crippen LogP contribution is -2.40. The normalized spacial score (nSPS) is 15.6. The topological polar surface area (TPSA) is 69.9 Å². The van der Waals surface area contributed by atoms with Crippen molar-refractivity contribution in [3.05, 3.63) is 90.6 Å². The zero-order chi connectivity index (χ0) is 25.8. The van der Waals surface area contributed by atoms with Crippen LogP contribution in [0.5, 0.6) is 5.75 Å². The van der Waals surface area contributed by atoms with Crippen molar-refractivity contribution in [1.82, 2.24) is 4.57 Å². The maximum Gasteiger partial charge on any atom is 0.338 e. The first-order valence-electron chi connectivity index (χ1n) is 11.9. The third-order valence-electron chi connectivity index (χ3n) is 5.67. The van der Waals surface area contributed by atoms with Crippen molar-refractivity contribution in [1.29, 1.82) is 0 Å². The molecule has 0 saturated heterocycles. The molecule has 0 radical (unpaired) electrons. The number of thioether (sulfide) groups is 1. The lowest BCUT2D eigenvalue weighted by atomic mass is 9.96. The van der Waals surface area contributed by atoms with E-state index >= 15 is 0 Å². The first-order valence-corrected chi connectivity index (χ1v) is 14.0. The Morgan fingerprint density at radius 1 is 1.17 bits per heavy atom. The number of allylic oxidation sites excluding steroid dienone is 1. The fourth-order valence-corrected chi connectivity index (χ4v) is 5.45. The number of fused-ring (bicyclic) bond motifs is 1. The average molecular weight is 523 g/mol. The van der Waals surface area contributed by atoms with Gasteiger partial charge in [-0.3, -0.25) is 9.36 Å². The van der Waals surface area contributed by atoms with E-state index < -0.39 is 12.0 Å². The zero-order valence-electron chi connectivity index (χ0n) is 21.1. The van der Waals surface area contributed by atoms with Gasteiger partial charge in [0, 0.05) is 4.90 Å². The number of benzene rings is 2. The van der Waals surface area contributed by atoms with E-state index in [9.17, 15) is 9.59 Å². The maximum absolute atomic E-state index is 13.7. The van der Waals surface area contributed by atoms with E-state index in [1.165, 1.54) is 11.3 Å². The molecule has 36 heavy (non-hydrogen) atoms. The van der Waals surface area contributed by atoms with Crippen LogP contribution in [-0.4, -0.2) is 29.5 Å². The average Bonchev–Trinajstić information content (AvgIpc) is 3.16. The van der Waals surface area contributed by atoms with Crippen molar-refractivity contribution in [2.24, 2.45) is 4.99 Å². The molecule has 0 spiro atoms. The molecule has 1 aliphatic rings. The zero-order valence-corrected chi connectivity index (χ0v) is 22.7. The maximum atomic E-state index is 13.7. The Bertz CT molecular complexity index is 1450. The Morgan fingerprint density at radius 2 is 1.86 bits per heavy atom. The molecule has 0 aliphatic carbocycles. The highest BCUT2D eigenvalue weighted by Crippen LogP contribution is 2.32. The number of rotatable bonds is 8. The Hall–Kier alpha value is -3.10. The van der Waals surface area contributed by atoms with Crippen LogP contribution >= 0.6 is 23.1 Å². The van der Waals surface area contributed by atoms with E-state index in [2.05, 4.69) is 11.9 Å². The third-order valence-corrected chi connectivity index (χ3v) is 7.39. The van der Waals surface area contributed by atoms with Gasteiger partial charge in [-0.15, -0.1) is 11.8 Å². The molecule has 3 aromatic rings. The molecule has 0 saturated carbocycles. The third kappa shape index (κ3) is 5.50. The van der Waals surface area contributed by atoms with Gasteiger partial charge in [-0.05, 0) is 74.9 Å². The van der Waals surface area contributed by atoms with E-state index in [1.54, 1.807) is 23.3 Å². The Labute approximate surface area is 219 Å². The molecule has 6 nitrogen and oxygen atoms in total. The summed E-state index contributed by atoms with van der Waals surface area (Å²) in [6.07, 6.45) is 4.52. The first kappa shape index (κ1) is 26.0. The highest BCUT2D eigenvalue weighted by molar-refractivity contribution is 7.98. The van der Waals surface area contributed by atoms with Crippen LogP contribution in [0.1, 0.15) is 51.3 Å². The minimum absolute atomic E-state index is 0.189. The molecule has 1 aromatic heterocycles. The molecule has 1 aliphatic heterocycles. The van der Waals surface area contributed by atoms with Crippen LogP contribution < -0.4 is 19.6 Å². The Balaban J connectivity index is 1.83. The highest BCUT2D eigenvalue weighted by Gasteiger charge is 2.33. The first-order chi connectivity index (χ1) is 17.3. The lowest BCUT2D eigenvalue weighted by molar-refractivity contribution is -0.143. The Kier molecular flexibility index (Phi) is 8.16. The van der Waals surface area contributed by atoms with Gasteiger partial charge in [0.05, 0.1) is 34.6 Å². The molecule has 0 bridgehead atoms. The minimum atomic E-state index is -0.615. The van der Waals surface area contributed by atoms with E-state index in [0.29, 0.717) is 27.2 Å². The number of ether oxygens (including phenoxy) is 2. The number of thiazole rings is 1. The monoisotopic (exact) mass is 522 g/mol. The molecule has 188 valence electrons. The number of hydrogen-bond donors (Lipinski definition) is 0. The van der Waals surface area contributed by atoms with Gasteiger partial charge in [0.15, 0.2) is 4.80 Å². The van der Waals surface area contributed by atoms with Crippen LogP contribution in [0.25, 0.3) is 6.08 Å². The smallest absolute Gasteiger partial charge is 0.338 e. The van der Waals surface area contributed by atoms with Crippen molar-refractivity contribution < 1.29 is 14.3 Å². The number of carbonyl (C=O) groups is 1. The summed E-state index contributed by atoms with van der Waals surface area (Å²) in [6, 6.07) is 15.0. The molecule has 2 heterocycles. The number of aromatic nitrogens is 1. The van der Waals surface area contributed by atoms with E-state index in [-0.39, 0.29) is 11.7 Å². The van der Waals surface area contributed by atoms with Crippen molar-refractivity contribution in [3.63, 3.8) is 0 Å². The van der Waals surface area contributed by atoms with Crippen molar-refractivity contribution in [2.45, 2.75) is 51.2 Å². The summed E-state index contributed by atoms with van der Waals surface area (Å²) in [5.74, 6) is 0.343. The summed E-state index contributed by atoms with van der Waals surface area (Å²) in [7, 11) is 0. The second-order valence-corrected chi connectivity index (χ2v) is 10.6. The van der Waals surface area contributed by atoms with E-state index in [0.717, 1.165) is 28.2 Å². The summed E-state index contributed by atoms with van der Waals surface area (Å²) < 4.78 is 13.4. The molecule has 0 unspecified atom stereocenters. The van der Waals surface area contributed by atoms with Crippen LogP contribution in [0.2, 0.25) is 0 Å². The van der Waals surface area contributed by atoms with Crippen LogP contribution in [0.3, 0.4) is 0 Å². The molecular weight excluding hydrogens is 492 g/mol. The summed E-state index contributed by atoms with van der Waals surface area (Å²) in [4.78, 5) is 33.2. The van der Waals surface area contributed by atoms with Crippen LogP contribution in [0.4, 0.5) is 0 Å². The second kappa shape index (κ2) is 11.3. The Morgan fingerprint density at radius 3 is 2.47 bits per heavy atom. The fraction of sp³-hybridized carbons (Fsp3) is 0.321. The quantitative estimate of drug-likeness (QED) is 0.317. The summed E-state index contributed by atoms with van der Waals surface area (Å²) in [5, 5.41) is 0. The SMILES string of the molecule is CCCOc1ccc(/C=c2/sc3n(c2=O)[C@@H](c2ccc(SC)cc2)C(C(=O)OC(C)C)=C(C)N=3)cc1.